The topological polar surface area (TPSA) is 85.9 Å². The van der Waals surface area contributed by atoms with Crippen LogP contribution in [0.1, 0.15) is 23.7 Å². The summed E-state index contributed by atoms with van der Waals surface area (Å²) in [5.41, 5.74) is 1.76. The number of benzene rings is 4. The molecule has 200 valence electrons. The molecule has 0 aliphatic carbocycles. The van der Waals surface area contributed by atoms with E-state index in [4.69, 9.17) is 14.2 Å². The lowest BCUT2D eigenvalue weighted by Gasteiger charge is -2.16. The summed E-state index contributed by atoms with van der Waals surface area (Å²) < 4.78 is 16.3. The normalized spacial score (nSPS) is 11.3. The molecule has 4 rings (SSSR count). The Morgan fingerprint density at radius 3 is 2.15 bits per heavy atom. The van der Waals surface area contributed by atoms with E-state index in [0.29, 0.717) is 40.6 Å². The van der Waals surface area contributed by atoms with Crippen LogP contribution in [0.15, 0.2) is 102 Å². The average molecular weight is 543 g/mol. The van der Waals surface area contributed by atoms with E-state index in [9.17, 15) is 9.59 Å². The van der Waals surface area contributed by atoms with Crippen molar-refractivity contribution in [3.63, 3.8) is 0 Å². The van der Waals surface area contributed by atoms with Crippen molar-refractivity contribution in [1.29, 1.82) is 0 Å². The summed E-state index contributed by atoms with van der Waals surface area (Å²) in [5, 5.41) is 5.58. The number of carbonyl (C=O) groups is 2. The Kier molecular flexibility index (Phi) is 9.48. The second-order valence-electron chi connectivity index (χ2n) is 8.50. The summed E-state index contributed by atoms with van der Waals surface area (Å²) in [4.78, 5) is 26.7. The molecule has 39 heavy (non-hydrogen) atoms. The largest absolute Gasteiger partial charge is 0.493 e. The molecule has 1 atom stereocenters. The quantitative estimate of drug-likeness (QED) is 0.194. The summed E-state index contributed by atoms with van der Waals surface area (Å²) in [7, 11) is 3.07. The van der Waals surface area contributed by atoms with Crippen LogP contribution in [0.3, 0.4) is 0 Å². The van der Waals surface area contributed by atoms with Crippen LogP contribution in [0.2, 0.25) is 0 Å². The minimum absolute atomic E-state index is 0.0982. The number of amides is 2. The van der Waals surface area contributed by atoms with Gasteiger partial charge in [-0.2, -0.15) is 0 Å². The van der Waals surface area contributed by atoms with Gasteiger partial charge in [-0.3, -0.25) is 9.59 Å². The number of para-hydroxylation sites is 1. The van der Waals surface area contributed by atoms with Gasteiger partial charge >= 0.3 is 0 Å². The standard InChI is InChI=1S/C31H30N2O5S/c1-4-29(31(35)32-22-14-16-25(17-15-22)38-24-10-6-5-7-11-24)39-26-12-8-9-23(20-26)33-30(34)21-13-18-27(36-2)28(19-21)37-3/h5-20,29H,4H2,1-3H3,(H,32,35)(H,33,34). The van der Waals surface area contributed by atoms with Crippen LogP contribution in [0.25, 0.3) is 0 Å². The molecule has 7 nitrogen and oxygen atoms in total. The number of methoxy groups -OCH3 is 2. The summed E-state index contributed by atoms with van der Waals surface area (Å²) in [6, 6.07) is 29.2. The zero-order chi connectivity index (χ0) is 27.6. The summed E-state index contributed by atoms with van der Waals surface area (Å²) in [5.74, 6) is 2.09. The van der Waals surface area contributed by atoms with Crippen molar-refractivity contribution >= 4 is 35.0 Å². The van der Waals surface area contributed by atoms with Gasteiger partial charge in [0.1, 0.15) is 11.5 Å². The van der Waals surface area contributed by atoms with Gasteiger partial charge in [0, 0.05) is 21.8 Å². The lowest BCUT2D eigenvalue weighted by atomic mass is 10.2. The zero-order valence-electron chi connectivity index (χ0n) is 22.0. The number of rotatable bonds is 11. The number of hydrogen-bond acceptors (Lipinski definition) is 6. The summed E-state index contributed by atoms with van der Waals surface area (Å²) >= 11 is 1.44. The lowest BCUT2D eigenvalue weighted by molar-refractivity contribution is -0.115. The van der Waals surface area contributed by atoms with Crippen molar-refractivity contribution in [2.24, 2.45) is 0 Å². The molecule has 4 aromatic rings. The highest BCUT2D eigenvalue weighted by atomic mass is 32.2. The molecular weight excluding hydrogens is 512 g/mol. The van der Waals surface area contributed by atoms with Crippen LogP contribution >= 0.6 is 11.8 Å². The number of carbonyl (C=O) groups excluding carboxylic acids is 2. The Hall–Kier alpha value is -4.43. The third-order valence-corrected chi connectivity index (χ3v) is 7.14. The van der Waals surface area contributed by atoms with Crippen LogP contribution in [0, 0.1) is 0 Å². The van der Waals surface area contributed by atoms with Crippen LogP contribution in [0.4, 0.5) is 11.4 Å². The molecule has 0 saturated heterocycles. The van der Waals surface area contributed by atoms with Gasteiger partial charge in [0.2, 0.25) is 5.91 Å². The van der Waals surface area contributed by atoms with Gasteiger partial charge in [0.25, 0.3) is 5.91 Å². The second-order valence-corrected chi connectivity index (χ2v) is 9.77. The fourth-order valence-corrected chi connectivity index (χ4v) is 4.78. The lowest BCUT2D eigenvalue weighted by Crippen LogP contribution is -2.24. The number of nitrogens with one attached hydrogen (secondary N) is 2. The van der Waals surface area contributed by atoms with Crippen LogP contribution in [-0.2, 0) is 4.79 Å². The van der Waals surface area contributed by atoms with E-state index in [1.54, 1.807) is 25.3 Å². The summed E-state index contributed by atoms with van der Waals surface area (Å²) in [6.07, 6.45) is 0.633. The number of thioether (sulfide) groups is 1. The van der Waals surface area contributed by atoms with Crippen molar-refractivity contribution in [3.05, 3.63) is 103 Å². The zero-order valence-corrected chi connectivity index (χ0v) is 22.8. The number of hydrogen-bond donors (Lipinski definition) is 2. The van der Waals surface area contributed by atoms with Gasteiger partial charge in [-0.1, -0.05) is 31.2 Å². The molecule has 0 spiro atoms. The maximum Gasteiger partial charge on any atom is 0.255 e. The Bertz CT molecular complexity index is 1410. The molecule has 1 unspecified atom stereocenters. The maximum atomic E-state index is 13.0. The van der Waals surface area contributed by atoms with Gasteiger partial charge in [0.15, 0.2) is 11.5 Å². The average Bonchev–Trinajstić information content (AvgIpc) is 2.97. The van der Waals surface area contributed by atoms with E-state index in [1.807, 2.05) is 85.8 Å². The Morgan fingerprint density at radius 1 is 0.744 bits per heavy atom. The maximum absolute atomic E-state index is 13.0. The molecule has 0 saturated carbocycles. The highest BCUT2D eigenvalue weighted by Gasteiger charge is 2.19. The summed E-state index contributed by atoms with van der Waals surface area (Å²) in [6.45, 7) is 1.97. The monoisotopic (exact) mass is 542 g/mol. The van der Waals surface area contributed by atoms with E-state index in [2.05, 4.69) is 10.6 Å². The molecule has 0 bridgehead atoms. The van der Waals surface area contributed by atoms with Crippen LogP contribution in [0.5, 0.6) is 23.0 Å². The highest BCUT2D eigenvalue weighted by molar-refractivity contribution is 8.00. The van der Waals surface area contributed by atoms with Gasteiger partial charge in [-0.15, -0.1) is 11.8 Å². The Balaban J connectivity index is 1.36. The molecule has 2 N–H and O–H groups in total. The van der Waals surface area contributed by atoms with E-state index in [-0.39, 0.29) is 17.1 Å². The van der Waals surface area contributed by atoms with E-state index >= 15 is 0 Å². The van der Waals surface area contributed by atoms with Crippen molar-refractivity contribution in [2.75, 3.05) is 24.9 Å². The molecule has 0 aromatic heterocycles. The highest BCUT2D eigenvalue weighted by Crippen LogP contribution is 2.31. The predicted molar refractivity (Wildman–Crippen MR) is 155 cm³/mol. The Labute approximate surface area is 232 Å². The molecule has 8 heteroatoms. The van der Waals surface area contributed by atoms with E-state index in [0.717, 1.165) is 10.6 Å². The van der Waals surface area contributed by atoms with E-state index < -0.39 is 0 Å². The fraction of sp³-hybridized carbons (Fsp3) is 0.161. The number of ether oxygens (including phenoxy) is 3. The van der Waals surface area contributed by atoms with Gasteiger partial charge < -0.3 is 24.8 Å². The third kappa shape index (κ3) is 7.55. The first kappa shape index (κ1) is 27.6. The first-order valence-electron chi connectivity index (χ1n) is 12.4. The minimum Gasteiger partial charge on any atom is -0.493 e. The molecule has 2 amide bonds. The van der Waals surface area contributed by atoms with Crippen molar-refractivity contribution in [3.8, 4) is 23.0 Å². The first-order chi connectivity index (χ1) is 19.0. The molecule has 0 heterocycles. The first-order valence-corrected chi connectivity index (χ1v) is 13.3. The SMILES string of the molecule is CCC(Sc1cccc(NC(=O)c2ccc(OC)c(OC)c2)c1)C(=O)Nc1ccc(Oc2ccccc2)cc1. The molecule has 0 aliphatic rings. The fourth-order valence-electron chi connectivity index (χ4n) is 3.77. The predicted octanol–water partition coefficient (Wildman–Crippen LogP) is 7.26. The van der Waals surface area contributed by atoms with Gasteiger partial charge in [-0.25, -0.2) is 0 Å². The van der Waals surface area contributed by atoms with Crippen molar-refractivity contribution < 1.29 is 23.8 Å². The second kappa shape index (κ2) is 13.4. The molecular formula is C31H30N2O5S. The number of anilines is 2. The van der Waals surface area contributed by atoms with E-state index in [1.165, 1.54) is 18.9 Å². The van der Waals surface area contributed by atoms with Crippen LogP contribution in [-0.4, -0.2) is 31.3 Å². The Morgan fingerprint density at radius 2 is 1.46 bits per heavy atom. The smallest absolute Gasteiger partial charge is 0.255 e. The van der Waals surface area contributed by atoms with Crippen molar-refractivity contribution in [2.45, 2.75) is 23.5 Å². The van der Waals surface area contributed by atoms with Gasteiger partial charge in [-0.05, 0) is 79.2 Å². The van der Waals surface area contributed by atoms with Crippen LogP contribution < -0.4 is 24.8 Å². The minimum atomic E-state index is -0.318. The van der Waals surface area contributed by atoms with Crippen molar-refractivity contribution in [1.82, 2.24) is 0 Å². The third-order valence-electron chi connectivity index (χ3n) is 5.78. The molecule has 0 radical (unpaired) electrons. The molecule has 4 aromatic carbocycles. The molecule has 0 fully saturated rings. The molecule has 0 aliphatic heterocycles. The van der Waals surface area contributed by atoms with Gasteiger partial charge in [0.05, 0.1) is 19.5 Å².